The summed E-state index contributed by atoms with van der Waals surface area (Å²) < 4.78 is 5.73. The minimum Gasteiger partial charge on any atom is -0.376 e. The van der Waals surface area contributed by atoms with Crippen molar-refractivity contribution in [3.05, 3.63) is 17.5 Å². The van der Waals surface area contributed by atoms with Crippen LogP contribution in [-0.4, -0.2) is 41.2 Å². The topological polar surface area (TPSA) is 99.9 Å². The Morgan fingerprint density at radius 1 is 1.48 bits per heavy atom. The van der Waals surface area contributed by atoms with Crippen molar-refractivity contribution in [2.45, 2.75) is 51.7 Å². The van der Waals surface area contributed by atoms with Crippen LogP contribution in [0.5, 0.6) is 0 Å². The third-order valence-electron chi connectivity index (χ3n) is 5.13. The Kier molecular flexibility index (Phi) is 5.49. The summed E-state index contributed by atoms with van der Waals surface area (Å²) in [4.78, 5) is 20.8. The minimum atomic E-state index is -0.0950. The summed E-state index contributed by atoms with van der Waals surface area (Å²) >= 11 is 0. The summed E-state index contributed by atoms with van der Waals surface area (Å²) in [6, 6.07) is 3.91. The van der Waals surface area contributed by atoms with E-state index in [4.69, 9.17) is 10.00 Å². The van der Waals surface area contributed by atoms with E-state index in [-0.39, 0.29) is 24.0 Å². The molecule has 0 bridgehead atoms. The van der Waals surface area contributed by atoms with E-state index in [9.17, 15) is 4.79 Å². The molecule has 3 atom stereocenters. The molecule has 1 aromatic heterocycles. The molecule has 3 rings (SSSR count). The van der Waals surface area contributed by atoms with Crippen LogP contribution in [0.2, 0.25) is 0 Å². The third kappa shape index (κ3) is 4.45. The smallest absolute Gasteiger partial charge is 0.225 e. The van der Waals surface area contributed by atoms with Crippen molar-refractivity contribution < 1.29 is 9.53 Å². The lowest BCUT2D eigenvalue weighted by Gasteiger charge is -2.32. The van der Waals surface area contributed by atoms with Crippen molar-refractivity contribution >= 4 is 11.9 Å². The first-order valence-corrected chi connectivity index (χ1v) is 8.96. The van der Waals surface area contributed by atoms with Gasteiger partial charge in [-0.05, 0) is 45.1 Å². The van der Waals surface area contributed by atoms with E-state index < -0.39 is 0 Å². The van der Waals surface area contributed by atoms with Gasteiger partial charge in [-0.2, -0.15) is 5.26 Å². The van der Waals surface area contributed by atoms with E-state index in [0.717, 1.165) is 5.69 Å². The predicted molar refractivity (Wildman–Crippen MR) is 92.8 cm³/mol. The Labute approximate surface area is 148 Å². The molecule has 2 aliphatic rings. The molecule has 1 aromatic rings. The highest BCUT2D eigenvalue weighted by Crippen LogP contribution is 2.30. The Balaban J connectivity index is 1.45. The zero-order valence-electron chi connectivity index (χ0n) is 14.8. The largest absolute Gasteiger partial charge is 0.376 e. The number of rotatable bonds is 6. The number of nitrogens with zero attached hydrogens (tertiary/aromatic N) is 3. The molecule has 1 aliphatic carbocycles. The van der Waals surface area contributed by atoms with Gasteiger partial charge in [0.1, 0.15) is 11.8 Å². The van der Waals surface area contributed by atoms with E-state index >= 15 is 0 Å². The van der Waals surface area contributed by atoms with E-state index in [2.05, 4.69) is 27.5 Å². The maximum atomic E-state index is 12.4. The number of hydrogen-bond acceptors (Lipinski definition) is 6. The minimum absolute atomic E-state index is 0.0515. The number of carbonyl (C=O) groups is 1. The van der Waals surface area contributed by atoms with Gasteiger partial charge in [-0.3, -0.25) is 4.79 Å². The number of ether oxygens (including phenoxy) is 1. The molecule has 0 aromatic carbocycles. The van der Waals surface area contributed by atoms with Gasteiger partial charge >= 0.3 is 0 Å². The first-order valence-electron chi connectivity index (χ1n) is 8.96. The second-order valence-electron chi connectivity index (χ2n) is 7.09. The molecule has 7 nitrogen and oxygen atoms in total. The maximum absolute atomic E-state index is 12.4. The van der Waals surface area contributed by atoms with Gasteiger partial charge in [-0.25, -0.2) is 9.97 Å². The van der Waals surface area contributed by atoms with Crippen LogP contribution < -0.4 is 10.6 Å². The normalized spacial score (nSPS) is 24.2. The average Bonchev–Trinajstić information content (AvgIpc) is 2.99. The number of amides is 1. The lowest BCUT2D eigenvalue weighted by atomic mass is 9.80. The quantitative estimate of drug-likeness (QED) is 0.817. The standard InChI is InChI=1S/C18H25N5O2/c1-11-6-15(8-19)23-18(21-11)20-9-16-7-14(10-25-16)17(24)22-12(2)13-4-3-5-13/h6,12-14,16H,3-5,7,9-10H2,1-2H3,(H,22,24)(H,20,21,23)/t12?,14-,16-/m0/s1. The van der Waals surface area contributed by atoms with Crippen molar-refractivity contribution in [2.75, 3.05) is 18.5 Å². The lowest BCUT2D eigenvalue weighted by molar-refractivity contribution is -0.126. The van der Waals surface area contributed by atoms with Gasteiger partial charge in [0, 0.05) is 18.3 Å². The number of nitriles is 1. The van der Waals surface area contributed by atoms with Crippen LogP contribution in [0.25, 0.3) is 0 Å². The molecule has 7 heteroatoms. The molecular weight excluding hydrogens is 318 g/mol. The second-order valence-corrected chi connectivity index (χ2v) is 7.09. The van der Waals surface area contributed by atoms with Crippen LogP contribution in [0.4, 0.5) is 5.95 Å². The summed E-state index contributed by atoms with van der Waals surface area (Å²) in [5.74, 6) is 1.06. The van der Waals surface area contributed by atoms with E-state index in [1.165, 1.54) is 19.3 Å². The van der Waals surface area contributed by atoms with Crippen molar-refractivity contribution in [3.8, 4) is 6.07 Å². The zero-order chi connectivity index (χ0) is 17.8. The molecule has 1 unspecified atom stereocenters. The molecule has 134 valence electrons. The lowest BCUT2D eigenvalue weighted by Crippen LogP contribution is -2.43. The maximum Gasteiger partial charge on any atom is 0.225 e. The van der Waals surface area contributed by atoms with E-state index in [1.54, 1.807) is 6.07 Å². The zero-order valence-corrected chi connectivity index (χ0v) is 14.8. The molecule has 2 N–H and O–H groups in total. The first-order chi connectivity index (χ1) is 12.0. The molecule has 1 saturated carbocycles. The summed E-state index contributed by atoms with van der Waals surface area (Å²) in [6.07, 6.45) is 4.35. The van der Waals surface area contributed by atoms with Gasteiger partial charge in [0.25, 0.3) is 0 Å². The molecule has 1 amide bonds. The number of carbonyl (C=O) groups excluding carboxylic acids is 1. The molecule has 2 heterocycles. The fourth-order valence-electron chi connectivity index (χ4n) is 3.34. The Morgan fingerprint density at radius 2 is 2.28 bits per heavy atom. The molecule has 2 fully saturated rings. The number of anilines is 1. The van der Waals surface area contributed by atoms with Crippen LogP contribution in [0.15, 0.2) is 6.07 Å². The summed E-state index contributed by atoms with van der Waals surface area (Å²) in [5, 5.41) is 15.2. The van der Waals surface area contributed by atoms with Gasteiger partial charge in [-0.1, -0.05) is 6.42 Å². The number of hydrogen-bond donors (Lipinski definition) is 2. The summed E-state index contributed by atoms with van der Waals surface area (Å²) in [5.41, 5.74) is 1.08. The number of aryl methyl sites for hydroxylation is 1. The molecular formula is C18H25N5O2. The Bertz CT molecular complexity index is 668. The predicted octanol–water partition coefficient (Wildman–Crippen LogP) is 1.78. The SMILES string of the molecule is Cc1cc(C#N)nc(NC[C@@H]2C[C@H](C(=O)NC(C)C3CCC3)CO2)n1. The highest BCUT2D eigenvalue weighted by Gasteiger charge is 2.33. The van der Waals surface area contributed by atoms with Gasteiger partial charge in [0.05, 0.1) is 18.6 Å². The summed E-state index contributed by atoms with van der Waals surface area (Å²) in [7, 11) is 0. The van der Waals surface area contributed by atoms with Crippen molar-refractivity contribution in [3.63, 3.8) is 0 Å². The van der Waals surface area contributed by atoms with Gasteiger partial charge in [-0.15, -0.1) is 0 Å². The van der Waals surface area contributed by atoms with Gasteiger partial charge in [0.2, 0.25) is 11.9 Å². The monoisotopic (exact) mass is 343 g/mol. The molecule has 1 aliphatic heterocycles. The fraction of sp³-hybridized carbons (Fsp3) is 0.667. The van der Waals surface area contributed by atoms with Crippen molar-refractivity contribution in [2.24, 2.45) is 11.8 Å². The van der Waals surface area contributed by atoms with E-state index in [1.807, 2.05) is 13.0 Å². The van der Waals surface area contributed by atoms with Crippen LogP contribution in [0, 0.1) is 30.1 Å². The second kappa shape index (κ2) is 7.79. The van der Waals surface area contributed by atoms with Crippen molar-refractivity contribution in [1.29, 1.82) is 5.26 Å². The average molecular weight is 343 g/mol. The van der Waals surface area contributed by atoms with Crippen LogP contribution in [0.3, 0.4) is 0 Å². The Hall–Kier alpha value is -2.20. The molecule has 0 radical (unpaired) electrons. The van der Waals surface area contributed by atoms with Crippen LogP contribution in [0.1, 0.15) is 44.0 Å². The van der Waals surface area contributed by atoms with Crippen molar-refractivity contribution in [1.82, 2.24) is 15.3 Å². The van der Waals surface area contributed by atoms with Crippen LogP contribution >= 0.6 is 0 Å². The Morgan fingerprint density at radius 3 is 2.96 bits per heavy atom. The van der Waals surface area contributed by atoms with E-state index in [0.29, 0.717) is 37.1 Å². The summed E-state index contributed by atoms with van der Waals surface area (Å²) in [6.45, 7) is 4.89. The fourth-order valence-corrected chi connectivity index (χ4v) is 3.34. The van der Waals surface area contributed by atoms with Gasteiger partial charge in [0.15, 0.2) is 0 Å². The number of nitrogens with one attached hydrogen (secondary N) is 2. The van der Waals surface area contributed by atoms with Crippen LogP contribution in [-0.2, 0) is 9.53 Å². The molecule has 25 heavy (non-hydrogen) atoms. The highest BCUT2D eigenvalue weighted by atomic mass is 16.5. The van der Waals surface area contributed by atoms with Gasteiger partial charge < -0.3 is 15.4 Å². The molecule has 0 spiro atoms. The third-order valence-corrected chi connectivity index (χ3v) is 5.13. The number of aromatic nitrogens is 2. The first kappa shape index (κ1) is 17.6. The molecule has 1 saturated heterocycles. The highest BCUT2D eigenvalue weighted by molar-refractivity contribution is 5.79.